The molecule has 26 heavy (non-hydrogen) atoms. The van der Waals surface area contributed by atoms with Crippen LogP contribution in [0.15, 0.2) is 47.6 Å². The zero-order valence-corrected chi connectivity index (χ0v) is 16.3. The highest BCUT2D eigenvalue weighted by Crippen LogP contribution is 2.30. The molecule has 7 heteroatoms. The summed E-state index contributed by atoms with van der Waals surface area (Å²) in [5.41, 5.74) is 2.47. The van der Waals surface area contributed by atoms with Gasteiger partial charge in [0.15, 0.2) is 17.1 Å². The number of ether oxygens (including phenoxy) is 1. The summed E-state index contributed by atoms with van der Waals surface area (Å²) < 4.78 is 20.9. The molecule has 1 aromatic heterocycles. The molecule has 3 rings (SSSR count). The number of hydrogen-bond acceptors (Lipinski definition) is 4. The van der Waals surface area contributed by atoms with Gasteiger partial charge in [0.05, 0.1) is 5.02 Å². The van der Waals surface area contributed by atoms with Gasteiger partial charge in [-0.15, -0.1) is 10.2 Å². The topological polar surface area (TPSA) is 39.9 Å². The van der Waals surface area contributed by atoms with Crippen LogP contribution in [0, 0.1) is 12.7 Å². The highest BCUT2D eigenvalue weighted by Gasteiger charge is 2.18. The Labute approximate surface area is 161 Å². The Hall–Kier alpha value is -2.05. The number of benzene rings is 2. The third-order valence-corrected chi connectivity index (χ3v) is 5.31. The zero-order valence-electron chi connectivity index (χ0n) is 14.7. The summed E-state index contributed by atoms with van der Waals surface area (Å²) in [4.78, 5) is 0. The molecule has 4 nitrogen and oxygen atoms in total. The van der Waals surface area contributed by atoms with Gasteiger partial charge in [-0.05, 0) is 37.6 Å². The van der Waals surface area contributed by atoms with Gasteiger partial charge in [0, 0.05) is 12.8 Å². The minimum Gasteiger partial charge on any atom is -0.481 e. The molecule has 0 amide bonds. The van der Waals surface area contributed by atoms with Crippen LogP contribution in [0.25, 0.3) is 0 Å². The van der Waals surface area contributed by atoms with E-state index in [4.69, 9.17) is 16.3 Å². The lowest BCUT2D eigenvalue weighted by molar-refractivity contribution is 0.211. The molecule has 0 saturated carbocycles. The van der Waals surface area contributed by atoms with Gasteiger partial charge in [0.1, 0.15) is 11.6 Å². The molecule has 0 aliphatic carbocycles. The lowest BCUT2D eigenvalue weighted by Gasteiger charge is -2.15. The van der Waals surface area contributed by atoms with Crippen molar-refractivity contribution >= 4 is 23.4 Å². The maximum Gasteiger partial charge on any atom is 0.191 e. The van der Waals surface area contributed by atoms with Gasteiger partial charge in [-0.25, -0.2) is 4.39 Å². The molecule has 1 atom stereocenters. The fourth-order valence-electron chi connectivity index (χ4n) is 2.45. The second-order valence-electron chi connectivity index (χ2n) is 6.01. The van der Waals surface area contributed by atoms with Crippen molar-refractivity contribution in [2.24, 2.45) is 7.05 Å². The van der Waals surface area contributed by atoms with Crippen molar-refractivity contribution in [2.45, 2.75) is 30.9 Å². The molecule has 0 aliphatic heterocycles. The van der Waals surface area contributed by atoms with Gasteiger partial charge < -0.3 is 9.30 Å². The van der Waals surface area contributed by atoms with E-state index in [0.29, 0.717) is 11.6 Å². The van der Waals surface area contributed by atoms with E-state index in [1.54, 1.807) is 11.8 Å². The summed E-state index contributed by atoms with van der Waals surface area (Å²) in [6.45, 7) is 3.93. The first-order chi connectivity index (χ1) is 12.4. The second-order valence-corrected chi connectivity index (χ2v) is 7.36. The van der Waals surface area contributed by atoms with Gasteiger partial charge in [0.2, 0.25) is 0 Å². The lowest BCUT2D eigenvalue weighted by Crippen LogP contribution is -2.10. The lowest BCUT2D eigenvalue weighted by atomic mass is 10.2. The van der Waals surface area contributed by atoms with E-state index in [1.807, 2.05) is 18.5 Å². The molecule has 1 unspecified atom stereocenters. The number of aromatic nitrogens is 3. The average molecular weight is 392 g/mol. The van der Waals surface area contributed by atoms with Crippen molar-refractivity contribution in [3.63, 3.8) is 0 Å². The third-order valence-electron chi connectivity index (χ3n) is 3.92. The predicted octanol–water partition coefficient (Wildman–Crippen LogP) is 5.35. The standard InChI is InChI=1S/C19H19ClFN3OS/c1-12-4-6-14(7-5-12)11-26-19-23-22-18(24(19)3)13(2)25-17-9-8-15(21)10-16(17)20/h4-10,13H,11H2,1-3H3. The summed E-state index contributed by atoms with van der Waals surface area (Å²) in [6.07, 6.45) is -0.371. The fraction of sp³-hybridized carbons (Fsp3) is 0.263. The molecule has 0 bridgehead atoms. The van der Waals surface area contributed by atoms with Gasteiger partial charge in [-0.1, -0.05) is 53.2 Å². The van der Waals surface area contributed by atoms with E-state index in [0.717, 1.165) is 10.9 Å². The van der Waals surface area contributed by atoms with Crippen LogP contribution in [0.1, 0.15) is 30.0 Å². The summed E-state index contributed by atoms with van der Waals surface area (Å²) >= 11 is 7.64. The highest BCUT2D eigenvalue weighted by molar-refractivity contribution is 7.98. The van der Waals surface area contributed by atoms with Gasteiger partial charge in [-0.3, -0.25) is 0 Å². The molecule has 0 aliphatic rings. The van der Waals surface area contributed by atoms with Crippen molar-refractivity contribution in [3.05, 3.63) is 70.3 Å². The van der Waals surface area contributed by atoms with Crippen LogP contribution in [-0.2, 0) is 12.8 Å². The van der Waals surface area contributed by atoms with E-state index < -0.39 is 5.82 Å². The largest absolute Gasteiger partial charge is 0.481 e. The SMILES string of the molecule is Cc1ccc(CSc2nnc(C(C)Oc3ccc(F)cc3Cl)n2C)cc1. The molecule has 0 saturated heterocycles. The van der Waals surface area contributed by atoms with E-state index in [1.165, 1.54) is 29.3 Å². The van der Waals surface area contributed by atoms with Crippen LogP contribution < -0.4 is 4.74 Å². The molecule has 2 aromatic carbocycles. The molecular formula is C19H19ClFN3OS. The van der Waals surface area contributed by atoms with Crippen LogP contribution in [0.4, 0.5) is 4.39 Å². The Morgan fingerprint density at radius 1 is 1.19 bits per heavy atom. The second kappa shape index (κ2) is 8.10. The highest BCUT2D eigenvalue weighted by atomic mass is 35.5. The number of hydrogen-bond donors (Lipinski definition) is 0. The zero-order chi connectivity index (χ0) is 18.7. The van der Waals surface area contributed by atoms with Crippen molar-refractivity contribution in [1.82, 2.24) is 14.8 Å². The first-order valence-corrected chi connectivity index (χ1v) is 9.49. The van der Waals surface area contributed by atoms with E-state index >= 15 is 0 Å². The van der Waals surface area contributed by atoms with Crippen LogP contribution in [0.2, 0.25) is 5.02 Å². The van der Waals surface area contributed by atoms with Gasteiger partial charge in [0.25, 0.3) is 0 Å². The smallest absolute Gasteiger partial charge is 0.191 e. The van der Waals surface area contributed by atoms with Crippen molar-refractivity contribution in [2.75, 3.05) is 0 Å². The Balaban J connectivity index is 1.68. The third kappa shape index (κ3) is 4.37. The Kier molecular flexibility index (Phi) is 5.84. The monoisotopic (exact) mass is 391 g/mol. The van der Waals surface area contributed by atoms with E-state index in [9.17, 15) is 4.39 Å². The number of nitrogens with zero attached hydrogens (tertiary/aromatic N) is 3. The number of aryl methyl sites for hydroxylation is 1. The molecule has 0 radical (unpaired) electrons. The first-order valence-electron chi connectivity index (χ1n) is 8.13. The summed E-state index contributed by atoms with van der Waals surface area (Å²) in [5.74, 6) is 1.50. The van der Waals surface area contributed by atoms with Crippen LogP contribution in [0.3, 0.4) is 0 Å². The Morgan fingerprint density at radius 3 is 2.62 bits per heavy atom. The quantitative estimate of drug-likeness (QED) is 0.531. The maximum atomic E-state index is 13.2. The summed E-state index contributed by atoms with van der Waals surface area (Å²) in [5, 5.41) is 9.52. The minimum atomic E-state index is -0.400. The van der Waals surface area contributed by atoms with Crippen molar-refractivity contribution < 1.29 is 9.13 Å². The molecule has 136 valence electrons. The van der Waals surface area contributed by atoms with Crippen molar-refractivity contribution in [3.8, 4) is 5.75 Å². The number of thioether (sulfide) groups is 1. The summed E-state index contributed by atoms with van der Waals surface area (Å²) in [7, 11) is 1.90. The number of halogens is 2. The Morgan fingerprint density at radius 2 is 1.92 bits per heavy atom. The van der Waals surface area contributed by atoms with Crippen molar-refractivity contribution in [1.29, 1.82) is 0 Å². The maximum absolute atomic E-state index is 13.2. The summed E-state index contributed by atoms with van der Waals surface area (Å²) in [6, 6.07) is 12.5. The normalized spacial score (nSPS) is 12.2. The molecule has 3 aromatic rings. The molecule has 0 spiro atoms. The van der Waals surface area contributed by atoms with Crippen LogP contribution >= 0.6 is 23.4 Å². The van der Waals surface area contributed by atoms with Crippen LogP contribution in [0.5, 0.6) is 5.75 Å². The van der Waals surface area contributed by atoms with Gasteiger partial charge >= 0.3 is 0 Å². The molecule has 1 heterocycles. The molecule has 0 N–H and O–H groups in total. The number of rotatable bonds is 6. The molecular weight excluding hydrogens is 373 g/mol. The molecule has 0 fully saturated rings. The van der Waals surface area contributed by atoms with E-state index in [-0.39, 0.29) is 11.1 Å². The minimum absolute atomic E-state index is 0.230. The van der Waals surface area contributed by atoms with Gasteiger partial charge in [-0.2, -0.15) is 0 Å². The van der Waals surface area contributed by atoms with E-state index in [2.05, 4.69) is 41.4 Å². The first kappa shape index (κ1) is 18.7. The Bertz CT molecular complexity index is 898. The predicted molar refractivity (Wildman–Crippen MR) is 102 cm³/mol. The van der Waals surface area contributed by atoms with Crippen LogP contribution in [-0.4, -0.2) is 14.8 Å². The fourth-order valence-corrected chi connectivity index (χ4v) is 3.54. The average Bonchev–Trinajstić information content (AvgIpc) is 2.98.